The molecule has 0 saturated heterocycles. The largest absolute Gasteiger partial charge is 0.547 e. The van der Waals surface area contributed by atoms with Crippen LogP contribution in [0.2, 0.25) is 0 Å². The molecule has 97 valence electrons. The maximum absolute atomic E-state index is 10.1. The van der Waals surface area contributed by atoms with E-state index < -0.39 is 6.16 Å². The minimum Gasteiger partial charge on any atom is -0.447 e. The molecule has 7 heteroatoms. The van der Waals surface area contributed by atoms with Gasteiger partial charge >= 0.3 is 6.16 Å². The molecule has 6 nitrogen and oxygen atoms in total. The monoisotopic (exact) mass is 276 g/mol. The van der Waals surface area contributed by atoms with Crippen molar-refractivity contribution in [2.24, 2.45) is 7.05 Å². The zero-order valence-corrected chi connectivity index (χ0v) is 11.5. The maximum Gasteiger partial charge on any atom is 0.547 e. The molecule has 0 aliphatic rings. The standard InChI is InChI=1S/C12H12N2O4.Al/c1-13-6-7-14(9-13)8-10-2-4-11(5-3-10)17-18-12(15)16;/h2-7,9H,8H2,1H3;/p+1. The van der Waals surface area contributed by atoms with Gasteiger partial charge in [0.05, 0.1) is 7.05 Å². The van der Waals surface area contributed by atoms with Crippen LogP contribution in [0.5, 0.6) is 5.75 Å². The van der Waals surface area contributed by atoms with E-state index >= 15 is 0 Å². The lowest BCUT2D eigenvalue weighted by molar-refractivity contribution is -0.671. The summed E-state index contributed by atoms with van der Waals surface area (Å²) in [5.41, 5.74) is 1.08. The number of aryl methyl sites for hydroxylation is 1. The average Bonchev–Trinajstić information content (AvgIpc) is 2.74. The predicted octanol–water partition coefficient (Wildman–Crippen LogP) is 0.968. The molecule has 0 spiro atoms. The normalized spacial score (nSPS) is 9.53. The highest BCUT2D eigenvalue weighted by Gasteiger charge is 2.04. The summed E-state index contributed by atoms with van der Waals surface area (Å²) in [6.45, 7) is 0.737. The quantitative estimate of drug-likeness (QED) is 0.391. The van der Waals surface area contributed by atoms with Crippen molar-refractivity contribution in [1.82, 2.24) is 4.57 Å². The molecule has 0 aliphatic heterocycles. The average molecular weight is 276 g/mol. The van der Waals surface area contributed by atoms with Gasteiger partial charge in [0.2, 0.25) is 6.33 Å². The van der Waals surface area contributed by atoms with Crippen LogP contribution in [0.1, 0.15) is 5.56 Å². The molecule has 0 aliphatic carbocycles. The number of imidazole rings is 1. The third-order valence-corrected chi connectivity index (χ3v) is 2.32. The molecule has 2 rings (SSSR count). The Kier molecular flexibility index (Phi) is 5.42. The molecule has 0 saturated carbocycles. The molecule has 1 aromatic heterocycles. The fourth-order valence-corrected chi connectivity index (χ4v) is 1.54. The molecule has 1 N–H and O–H groups in total. The second-order valence-corrected chi connectivity index (χ2v) is 3.83. The number of carboxylic acid groups (broad SMARTS) is 1. The number of nitrogens with zero attached hydrogens (tertiary/aromatic N) is 2. The van der Waals surface area contributed by atoms with Gasteiger partial charge in [-0.1, -0.05) is 12.1 Å². The Morgan fingerprint density at radius 3 is 2.58 bits per heavy atom. The molecule has 0 fully saturated rings. The highest BCUT2D eigenvalue weighted by molar-refractivity contribution is 5.75. The molecular formula is C12H13AlN2O4+. The van der Waals surface area contributed by atoms with Crippen LogP contribution in [0.4, 0.5) is 4.79 Å². The van der Waals surface area contributed by atoms with E-state index in [0.29, 0.717) is 5.75 Å². The lowest BCUT2D eigenvalue weighted by atomic mass is 10.2. The van der Waals surface area contributed by atoms with Gasteiger partial charge in [0, 0.05) is 17.4 Å². The van der Waals surface area contributed by atoms with E-state index in [1.165, 1.54) is 0 Å². The molecule has 3 radical (unpaired) electrons. The van der Waals surface area contributed by atoms with Gasteiger partial charge in [-0.25, -0.2) is 18.8 Å². The first-order valence-corrected chi connectivity index (χ1v) is 5.31. The van der Waals surface area contributed by atoms with Gasteiger partial charge in [0.1, 0.15) is 18.9 Å². The Morgan fingerprint density at radius 2 is 2.05 bits per heavy atom. The number of benzene rings is 1. The molecule has 2 aromatic rings. The first kappa shape index (κ1) is 15.1. The first-order valence-electron chi connectivity index (χ1n) is 5.31. The van der Waals surface area contributed by atoms with Crippen LogP contribution in [0.25, 0.3) is 0 Å². The summed E-state index contributed by atoms with van der Waals surface area (Å²) in [5.74, 6) is 0.346. The summed E-state index contributed by atoms with van der Waals surface area (Å²) in [6, 6.07) is 7.00. The van der Waals surface area contributed by atoms with E-state index in [-0.39, 0.29) is 17.4 Å². The molecule has 0 atom stereocenters. The second-order valence-electron chi connectivity index (χ2n) is 3.83. The van der Waals surface area contributed by atoms with Crippen LogP contribution >= 0.6 is 0 Å². The molecule has 19 heavy (non-hydrogen) atoms. The van der Waals surface area contributed by atoms with Gasteiger partial charge in [-0.3, -0.25) is 4.89 Å². The SMILES string of the molecule is C[n+]1ccn(Cc2ccc(OOC(=O)O)cc2)c1.[Al]. The fraction of sp³-hybridized carbons (Fsp3) is 0.167. The summed E-state index contributed by atoms with van der Waals surface area (Å²) >= 11 is 0. The first-order chi connectivity index (χ1) is 8.63. The number of aromatic nitrogens is 2. The van der Waals surface area contributed by atoms with Crippen molar-refractivity contribution in [2.45, 2.75) is 6.54 Å². The minimum atomic E-state index is -1.47. The summed E-state index contributed by atoms with van der Waals surface area (Å²) in [4.78, 5) is 18.7. The smallest absolute Gasteiger partial charge is 0.447 e. The van der Waals surface area contributed by atoms with Gasteiger partial charge < -0.3 is 5.11 Å². The fourth-order valence-electron chi connectivity index (χ4n) is 1.54. The molecule has 1 aromatic carbocycles. The zero-order valence-electron chi connectivity index (χ0n) is 10.4. The van der Waals surface area contributed by atoms with E-state index in [1.54, 1.807) is 12.1 Å². The van der Waals surface area contributed by atoms with Crippen LogP contribution in [0.3, 0.4) is 0 Å². The van der Waals surface area contributed by atoms with Crippen molar-refractivity contribution in [2.75, 3.05) is 0 Å². The topological polar surface area (TPSA) is 64.6 Å². The number of hydrogen-bond acceptors (Lipinski definition) is 3. The molecule has 0 unspecified atom stereocenters. The maximum atomic E-state index is 10.1. The van der Waals surface area contributed by atoms with Crippen LogP contribution in [0.15, 0.2) is 43.0 Å². The van der Waals surface area contributed by atoms with Gasteiger partial charge in [-0.15, -0.1) is 0 Å². The highest BCUT2D eigenvalue weighted by atomic mass is 27.0. The zero-order chi connectivity index (χ0) is 13.0. The molecule has 0 bridgehead atoms. The summed E-state index contributed by atoms with van der Waals surface area (Å²) in [6.07, 6.45) is 4.42. The van der Waals surface area contributed by atoms with Crippen molar-refractivity contribution in [1.29, 1.82) is 0 Å². The predicted molar refractivity (Wildman–Crippen MR) is 66.6 cm³/mol. The molecular weight excluding hydrogens is 263 g/mol. The Bertz CT molecular complexity index is 539. The lowest BCUT2D eigenvalue weighted by Crippen LogP contribution is -2.23. The Hall–Kier alpha value is -1.97. The van der Waals surface area contributed by atoms with Crippen molar-refractivity contribution < 1.29 is 24.2 Å². The third-order valence-electron chi connectivity index (χ3n) is 2.32. The number of rotatable bonds is 4. The van der Waals surface area contributed by atoms with E-state index in [9.17, 15) is 4.79 Å². The second kappa shape index (κ2) is 6.83. The van der Waals surface area contributed by atoms with Crippen molar-refractivity contribution in [3.8, 4) is 5.75 Å². The summed E-state index contributed by atoms with van der Waals surface area (Å²) in [5, 5.41) is 8.27. The Labute approximate surface area is 120 Å². The van der Waals surface area contributed by atoms with E-state index in [1.807, 2.05) is 47.0 Å². The third kappa shape index (κ3) is 4.66. The lowest BCUT2D eigenvalue weighted by Gasteiger charge is -2.02. The van der Waals surface area contributed by atoms with Crippen molar-refractivity contribution >= 4 is 23.5 Å². The van der Waals surface area contributed by atoms with Gasteiger partial charge in [0.25, 0.3) is 0 Å². The van der Waals surface area contributed by atoms with Crippen LogP contribution in [0, 0.1) is 0 Å². The molecule has 1 heterocycles. The number of hydrogen-bond donors (Lipinski definition) is 1. The highest BCUT2D eigenvalue weighted by Crippen LogP contribution is 2.13. The van der Waals surface area contributed by atoms with Gasteiger partial charge in [-0.05, 0) is 17.7 Å². The molecule has 0 amide bonds. The van der Waals surface area contributed by atoms with E-state index in [2.05, 4.69) is 9.78 Å². The van der Waals surface area contributed by atoms with Crippen LogP contribution in [-0.4, -0.2) is 33.2 Å². The van der Waals surface area contributed by atoms with Crippen molar-refractivity contribution in [3.05, 3.63) is 48.5 Å². The Balaban J connectivity index is 0.00000180. The van der Waals surface area contributed by atoms with Gasteiger partial charge in [0.15, 0.2) is 5.75 Å². The summed E-state index contributed by atoms with van der Waals surface area (Å²) in [7, 11) is 1.96. The van der Waals surface area contributed by atoms with Crippen LogP contribution in [-0.2, 0) is 18.5 Å². The minimum absolute atomic E-state index is 0. The van der Waals surface area contributed by atoms with Gasteiger partial charge in [-0.2, -0.15) is 0 Å². The number of carbonyl (C=O) groups is 1. The van der Waals surface area contributed by atoms with E-state index in [4.69, 9.17) is 5.11 Å². The summed E-state index contributed by atoms with van der Waals surface area (Å²) < 4.78 is 3.99. The van der Waals surface area contributed by atoms with E-state index in [0.717, 1.165) is 12.1 Å². The van der Waals surface area contributed by atoms with Crippen LogP contribution < -0.4 is 9.45 Å². The Morgan fingerprint density at radius 1 is 1.37 bits per heavy atom. The van der Waals surface area contributed by atoms with Crippen molar-refractivity contribution in [3.63, 3.8) is 0 Å².